The van der Waals surface area contributed by atoms with Crippen molar-refractivity contribution in [1.82, 2.24) is 19.4 Å². The number of benzene rings is 2. The number of aryl methyl sites for hydroxylation is 1. The predicted octanol–water partition coefficient (Wildman–Crippen LogP) is 2.94. The molecular weight excluding hydrogens is 460 g/mol. The quantitative estimate of drug-likeness (QED) is 0.428. The number of nitrogens with zero attached hydrogens (tertiary/aromatic N) is 4. The van der Waals surface area contributed by atoms with Crippen LogP contribution in [0.4, 0.5) is 0 Å². The molecule has 1 saturated heterocycles. The lowest BCUT2D eigenvalue weighted by Gasteiger charge is -2.35. The largest absolute Gasteiger partial charge is 0.494 e. The molecule has 0 bridgehead atoms. The second-order valence-electron chi connectivity index (χ2n) is 8.80. The van der Waals surface area contributed by atoms with Crippen LogP contribution in [0.2, 0.25) is 0 Å². The zero-order chi connectivity index (χ0) is 25.5. The van der Waals surface area contributed by atoms with Crippen LogP contribution in [0.1, 0.15) is 25.3 Å². The summed E-state index contributed by atoms with van der Waals surface area (Å²) in [5, 5.41) is 0.463. The first kappa shape index (κ1) is 25.5. The first-order valence-electron chi connectivity index (χ1n) is 12.4. The van der Waals surface area contributed by atoms with E-state index in [-0.39, 0.29) is 11.5 Å². The normalized spacial score (nSPS) is 14.1. The molecule has 0 aliphatic carbocycles. The molecule has 0 atom stereocenters. The summed E-state index contributed by atoms with van der Waals surface area (Å²) in [7, 11) is 3.08. The number of methoxy groups -OCH3 is 2. The van der Waals surface area contributed by atoms with Crippen LogP contribution in [0, 0.1) is 0 Å². The third-order valence-electron chi connectivity index (χ3n) is 6.48. The van der Waals surface area contributed by atoms with Gasteiger partial charge in [-0.05, 0) is 37.1 Å². The van der Waals surface area contributed by atoms with E-state index in [1.54, 1.807) is 23.8 Å². The lowest BCUT2D eigenvalue weighted by Crippen LogP contribution is -2.48. The molecule has 0 spiro atoms. The predicted molar refractivity (Wildman–Crippen MR) is 138 cm³/mol. The highest BCUT2D eigenvalue weighted by Crippen LogP contribution is 2.29. The molecule has 1 aliphatic rings. The molecule has 1 aliphatic heterocycles. The van der Waals surface area contributed by atoms with Crippen LogP contribution >= 0.6 is 0 Å². The van der Waals surface area contributed by atoms with Crippen LogP contribution in [0.3, 0.4) is 0 Å². The summed E-state index contributed by atoms with van der Waals surface area (Å²) in [4.78, 5) is 34.4. The number of amides is 1. The lowest BCUT2D eigenvalue weighted by molar-refractivity contribution is -0.133. The van der Waals surface area contributed by atoms with E-state index in [1.165, 1.54) is 19.0 Å². The van der Waals surface area contributed by atoms with Crippen molar-refractivity contribution in [3.8, 4) is 17.2 Å². The molecule has 1 aromatic heterocycles. The number of hydrogen-bond donors (Lipinski definition) is 0. The third-order valence-corrected chi connectivity index (χ3v) is 6.48. The van der Waals surface area contributed by atoms with Gasteiger partial charge in [-0.25, -0.2) is 4.98 Å². The molecule has 0 saturated carbocycles. The molecular formula is C27H34N4O5. The molecule has 4 rings (SSSR count). The zero-order valence-corrected chi connectivity index (χ0v) is 21.2. The summed E-state index contributed by atoms with van der Waals surface area (Å²) < 4.78 is 17.7. The number of piperazine rings is 1. The molecule has 0 radical (unpaired) electrons. The van der Waals surface area contributed by atoms with E-state index in [4.69, 9.17) is 14.2 Å². The Morgan fingerprint density at radius 3 is 2.36 bits per heavy atom. The van der Waals surface area contributed by atoms with Gasteiger partial charge < -0.3 is 19.1 Å². The van der Waals surface area contributed by atoms with Crippen LogP contribution in [0.25, 0.3) is 10.9 Å². The topological polar surface area (TPSA) is 86.1 Å². The van der Waals surface area contributed by atoms with Gasteiger partial charge in [0.15, 0.2) is 11.5 Å². The molecule has 2 heterocycles. The minimum atomic E-state index is -0.156. The van der Waals surface area contributed by atoms with Crippen molar-refractivity contribution >= 4 is 16.8 Å². The SMILES string of the molecule is CCOc1ccc(CN2CCN(C(=O)CCCn3cnc4cc(OC)c(OC)cc4c3=O)CC2)cc1. The Kier molecular flexibility index (Phi) is 8.43. The summed E-state index contributed by atoms with van der Waals surface area (Å²) in [6.45, 7) is 7.06. The van der Waals surface area contributed by atoms with Crippen molar-refractivity contribution in [3.05, 3.63) is 58.6 Å². The Balaban J connectivity index is 1.26. The fourth-order valence-corrected chi connectivity index (χ4v) is 4.47. The number of rotatable bonds is 10. The molecule has 1 fully saturated rings. The Morgan fingerprint density at radius 2 is 1.69 bits per heavy atom. The second kappa shape index (κ2) is 11.9. The lowest BCUT2D eigenvalue weighted by atomic mass is 10.2. The standard InChI is InChI=1S/C27H34N4O5/c1-4-36-21-9-7-20(8-10-21)18-29-12-14-30(15-13-29)26(32)6-5-11-31-19-28-23-17-25(35-3)24(34-2)16-22(23)27(31)33/h7-10,16-17,19H,4-6,11-15,18H2,1-3H3. The molecule has 36 heavy (non-hydrogen) atoms. The molecule has 2 aromatic carbocycles. The van der Waals surface area contributed by atoms with Crippen molar-refractivity contribution in [2.24, 2.45) is 0 Å². The Morgan fingerprint density at radius 1 is 1.00 bits per heavy atom. The third kappa shape index (κ3) is 5.96. The number of carbonyl (C=O) groups excluding carboxylic acids is 1. The van der Waals surface area contributed by atoms with Crippen LogP contribution < -0.4 is 19.8 Å². The van der Waals surface area contributed by atoms with Crippen molar-refractivity contribution in [3.63, 3.8) is 0 Å². The highest BCUT2D eigenvalue weighted by atomic mass is 16.5. The van der Waals surface area contributed by atoms with Gasteiger partial charge in [0, 0.05) is 51.8 Å². The summed E-state index contributed by atoms with van der Waals surface area (Å²) in [5.74, 6) is 2.03. The van der Waals surface area contributed by atoms with Gasteiger partial charge in [0.25, 0.3) is 5.56 Å². The molecule has 9 heteroatoms. The fraction of sp³-hybridized carbons (Fsp3) is 0.444. The Hall–Kier alpha value is -3.59. The van der Waals surface area contributed by atoms with Gasteiger partial charge in [0.1, 0.15) is 5.75 Å². The van der Waals surface area contributed by atoms with Crippen LogP contribution in [-0.2, 0) is 17.9 Å². The number of hydrogen-bond acceptors (Lipinski definition) is 7. The maximum absolute atomic E-state index is 12.9. The fourth-order valence-electron chi connectivity index (χ4n) is 4.47. The van der Waals surface area contributed by atoms with Crippen molar-refractivity contribution in [2.75, 3.05) is 47.0 Å². The minimum absolute atomic E-state index is 0.129. The number of ether oxygens (including phenoxy) is 3. The molecule has 9 nitrogen and oxygen atoms in total. The van der Waals surface area contributed by atoms with Gasteiger partial charge >= 0.3 is 0 Å². The summed E-state index contributed by atoms with van der Waals surface area (Å²) in [6.07, 6.45) is 2.50. The monoisotopic (exact) mass is 494 g/mol. The molecule has 3 aromatic rings. The van der Waals surface area contributed by atoms with E-state index in [0.29, 0.717) is 48.4 Å². The molecule has 192 valence electrons. The summed E-state index contributed by atoms with van der Waals surface area (Å²) >= 11 is 0. The van der Waals surface area contributed by atoms with Crippen LogP contribution in [0.5, 0.6) is 17.2 Å². The minimum Gasteiger partial charge on any atom is -0.494 e. The van der Waals surface area contributed by atoms with Crippen molar-refractivity contribution in [1.29, 1.82) is 0 Å². The van der Waals surface area contributed by atoms with Crippen LogP contribution in [0.15, 0.2) is 47.5 Å². The zero-order valence-electron chi connectivity index (χ0n) is 21.2. The summed E-state index contributed by atoms with van der Waals surface area (Å²) in [6, 6.07) is 11.5. The van der Waals surface area contributed by atoms with Gasteiger partial charge in [-0.2, -0.15) is 0 Å². The highest BCUT2D eigenvalue weighted by molar-refractivity contribution is 5.81. The molecule has 1 amide bonds. The van der Waals surface area contributed by atoms with Crippen LogP contribution in [-0.4, -0.2) is 72.3 Å². The number of aromatic nitrogens is 2. The average molecular weight is 495 g/mol. The van der Waals surface area contributed by atoms with E-state index < -0.39 is 0 Å². The first-order chi connectivity index (χ1) is 17.5. The Labute approximate surface area is 211 Å². The molecule has 0 unspecified atom stereocenters. The van der Waals surface area contributed by atoms with Crippen molar-refractivity contribution in [2.45, 2.75) is 32.9 Å². The number of fused-ring (bicyclic) bond motifs is 1. The maximum atomic E-state index is 12.9. The van der Waals surface area contributed by atoms with Gasteiger partial charge in [-0.1, -0.05) is 12.1 Å². The van der Waals surface area contributed by atoms with Gasteiger partial charge in [0.2, 0.25) is 5.91 Å². The summed E-state index contributed by atoms with van der Waals surface area (Å²) in [5.41, 5.74) is 1.63. The smallest absolute Gasteiger partial charge is 0.261 e. The van der Waals surface area contributed by atoms with E-state index in [1.807, 2.05) is 24.0 Å². The average Bonchev–Trinajstić information content (AvgIpc) is 2.91. The van der Waals surface area contributed by atoms with Gasteiger partial charge in [-0.15, -0.1) is 0 Å². The number of carbonyl (C=O) groups is 1. The first-order valence-corrected chi connectivity index (χ1v) is 12.4. The highest BCUT2D eigenvalue weighted by Gasteiger charge is 2.21. The molecule has 0 N–H and O–H groups in total. The van der Waals surface area contributed by atoms with E-state index in [9.17, 15) is 9.59 Å². The van der Waals surface area contributed by atoms with Crippen molar-refractivity contribution < 1.29 is 19.0 Å². The van der Waals surface area contributed by atoms with E-state index >= 15 is 0 Å². The van der Waals surface area contributed by atoms with Gasteiger partial charge in [-0.3, -0.25) is 19.1 Å². The van der Waals surface area contributed by atoms with E-state index in [0.717, 1.165) is 38.5 Å². The van der Waals surface area contributed by atoms with E-state index in [2.05, 4.69) is 22.0 Å². The Bertz CT molecular complexity index is 1230. The van der Waals surface area contributed by atoms with Gasteiger partial charge in [0.05, 0.1) is 38.1 Å². The second-order valence-corrected chi connectivity index (χ2v) is 8.80. The maximum Gasteiger partial charge on any atom is 0.261 e.